The topological polar surface area (TPSA) is 87.5 Å². The van der Waals surface area contributed by atoms with Gasteiger partial charge in [0.2, 0.25) is 0 Å². The van der Waals surface area contributed by atoms with Crippen LogP contribution in [0.15, 0.2) is 24.3 Å². The Hall–Kier alpha value is -1.99. The minimum absolute atomic E-state index is 0.0913. The molecule has 2 aliphatic heterocycles. The van der Waals surface area contributed by atoms with Crippen LogP contribution in [0.4, 0.5) is 5.69 Å². The summed E-state index contributed by atoms with van der Waals surface area (Å²) in [6.45, 7) is 2.36. The quantitative estimate of drug-likeness (QED) is 0.616. The minimum Gasteiger partial charge on any atom is -0.310 e. The summed E-state index contributed by atoms with van der Waals surface area (Å²) in [7, 11) is 0. The Morgan fingerprint density at radius 3 is 2.77 bits per heavy atom. The fourth-order valence-electron chi connectivity index (χ4n) is 3.77. The molecule has 116 valence electrons. The summed E-state index contributed by atoms with van der Waals surface area (Å²) in [6.07, 6.45) is 2.17. The molecule has 0 radical (unpaired) electrons. The van der Waals surface area contributed by atoms with Gasteiger partial charge in [-0.15, -0.1) is 0 Å². The summed E-state index contributed by atoms with van der Waals surface area (Å²) in [5.41, 5.74) is 7.85. The number of nitro groups is 1. The van der Waals surface area contributed by atoms with Gasteiger partial charge in [-0.25, -0.2) is 10.9 Å². The van der Waals surface area contributed by atoms with Crippen molar-refractivity contribution in [3.05, 3.63) is 39.9 Å². The molecule has 0 bridgehead atoms. The molecule has 2 heterocycles. The first kappa shape index (κ1) is 13.7. The largest absolute Gasteiger partial charge is 0.310 e. The Morgan fingerprint density at radius 1 is 1.36 bits per heavy atom. The number of amides is 1. The van der Waals surface area contributed by atoms with E-state index in [2.05, 4.69) is 16.9 Å². The van der Waals surface area contributed by atoms with E-state index in [9.17, 15) is 14.9 Å². The van der Waals surface area contributed by atoms with Gasteiger partial charge in [-0.1, -0.05) is 18.2 Å². The van der Waals surface area contributed by atoms with Crippen molar-refractivity contribution < 1.29 is 9.72 Å². The van der Waals surface area contributed by atoms with Crippen molar-refractivity contribution >= 4 is 11.6 Å². The number of benzene rings is 1. The average molecular weight is 302 g/mol. The predicted octanol–water partition coefficient (Wildman–Crippen LogP) is 0.575. The molecule has 3 atom stereocenters. The third kappa shape index (κ3) is 1.79. The van der Waals surface area contributed by atoms with Gasteiger partial charge < -0.3 is 4.90 Å². The maximum Gasteiger partial charge on any atom is 0.254 e. The molecule has 1 saturated heterocycles. The van der Waals surface area contributed by atoms with Crippen LogP contribution in [0, 0.1) is 10.1 Å². The number of fused-ring (bicyclic) bond motifs is 2. The van der Waals surface area contributed by atoms with E-state index in [0.717, 1.165) is 18.5 Å². The Balaban J connectivity index is 1.66. The van der Waals surface area contributed by atoms with Gasteiger partial charge in [0.05, 0.1) is 6.04 Å². The standard InChI is InChI=1S/C15H18N4O3/c1-9-13(19(21)22)12(17-16-9)14(20)18-8-15(6-7-15)10-4-2-3-5-11(10)18/h2-5,9,12-13,16-17H,6-8H2,1H3. The summed E-state index contributed by atoms with van der Waals surface area (Å²) in [4.78, 5) is 25.6. The summed E-state index contributed by atoms with van der Waals surface area (Å²) >= 11 is 0. The Kier molecular flexibility index (Phi) is 2.79. The summed E-state index contributed by atoms with van der Waals surface area (Å²) < 4.78 is 0. The number of rotatable bonds is 2. The van der Waals surface area contributed by atoms with Crippen molar-refractivity contribution in [2.24, 2.45) is 0 Å². The number of hydrogen-bond acceptors (Lipinski definition) is 5. The first-order valence-electron chi connectivity index (χ1n) is 7.59. The van der Waals surface area contributed by atoms with Crippen LogP contribution >= 0.6 is 0 Å². The normalized spacial score (nSPS) is 31.3. The van der Waals surface area contributed by atoms with E-state index < -0.39 is 12.1 Å². The van der Waals surface area contributed by atoms with Crippen LogP contribution in [0.3, 0.4) is 0 Å². The number of para-hydroxylation sites is 1. The number of nitrogens with zero attached hydrogens (tertiary/aromatic N) is 2. The maximum absolute atomic E-state index is 12.9. The lowest BCUT2D eigenvalue weighted by Crippen LogP contribution is -2.51. The second-order valence-electron chi connectivity index (χ2n) is 6.55. The monoisotopic (exact) mass is 302 g/mol. The molecule has 2 N–H and O–H groups in total. The third-order valence-corrected chi connectivity index (χ3v) is 5.18. The van der Waals surface area contributed by atoms with Crippen LogP contribution < -0.4 is 15.8 Å². The predicted molar refractivity (Wildman–Crippen MR) is 80.0 cm³/mol. The number of nitrogens with one attached hydrogen (secondary N) is 2. The Labute approximate surface area is 127 Å². The highest BCUT2D eigenvalue weighted by Crippen LogP contribution is 2.56. The van der Waals surface area contributed by atoms with Crippen LogP contribution in [-0.4, -0.2) is 35.5 Å². The molecule has 1 saturated carbocycles. The number of carbonyl (C=O) groups excluding carboxylic acids is 1. The van der Waals surface area contributed by atoms with Crippen LogP contribution in [0.1, 0.15) is 25.3 Å². The summed E-state index contributed by atoms with van der Waals surface area (Å²) in [5, 5.41) is 11.3. The Morgan fingerprint density at radius 2 is 2.09 bits per heavy atom. The lowest BCUT2D eigenvalue weighted by atomic mass is 9.99. The number of hydrogen-bond donors (Lipinski definition) is 2. The fraction of sp³-hybridized carbons (Fsp3) is 0.533. The zero-order valence-corrected chi connectivity index (χ0v) is 12.3. The van der Waals surface area contributed by atoms with Gasteiger partial charge in [0.1, 0.15) is 0 Å². The van der Waals surface area contributed by atoms with E-state index in [4.69, 9.17) is 0 Å². The lowest BCUT2D eigenvalue weighted by Gasteiger charge is -2.22. The highest BCUT2D eigenvalue weighted by molar-refractivity contribution is 6.00. The average Bonchev–Trinajstić information content (AvgIpc) is 3.06. The maximum atomic E-state index is 12.9. The Bertz CT molecular complexity index is 658. The summed E-state index contributed by atoms with van der Waals surface area (Å²) in [5.74, 6) is -0.213. The molecule has 1 spiro atoms. The van der Waals surface area contributed by atoms with Crippen LogP contribution in [0.2, 0.25) is 0 Å². The SMILES string of the molecule is CC1NNC(C(=O)N2CC3(CC3)c3ccccc32)C1[N+](=O)[O-]. The van der Waals surface area contributed by atoms with Crippen molar-refractivity contribution in [2.75, 3.05) is 11.4 Å². The van der Waals surface area contributed by atoms with Crippen LogP contribution in [-0.2, 0) is 10.2 Å². The molecule has 1 aromatic carbocycles. The first-order chi connectivity index (χ1) is 10.5. The van der Waals surface area contributed by atoms with Gasteiger partial charge in [0.25, 0.3) is 11.9 Å². The lowest BCUT2D eigenvalue weighted by molar-refractivity contribution is -0.523. The molecule has 4 rings (SSSR count). The van der Waals surface area contributed by atoms with Crippen molar-refractivity contribution in [1.29, 1.82) is 0 Å². The molecular weight excluding hydrogens is 284 g/mol. The highest BCUT2D eigenvalue weighted by Gasteiger charge is 2.56. The molecule has 0 aromatic heterocycles. The van der Waals surface area contributed by atoms with E-state index in [0.29, 0.717) is 6.54 Å². The van der Waals surface area contributed by atoms with Gasteiger partial charge in [0, 0.05) is 22.6 Å². The molecule has 1 aliphatic carbocycles. The summed E-state index contributed by atoms with van der Waals surface area (Å²) in [6, 6.07) is 5.76. The second-order valence-corrected chi connectivity index (χ2v) is 6.55. The van der Waals surface area contributed by atoms with Crippen molar-refractivity contribution in [2.45, 2.75) is 43.3 Å². The molecule has 7 nitrogen and oxygen atoms in total. The smallest absolute Gasteiger partial charge is 0.254 e. The van der Waals surface area contributed by atoms with Crippen molar-refractivity contribution in [3.63, 3.8) is 0 Å². The first-order valence-corrected chi connectivity index (χ1v) is 7.59. The van der Waals surface area contributed by atoms with Gasteiger partial charge in [0.15, 0.2) is 6.04 Å². The van der Waals surface area contributed by atoms with E-state index in [1.165, 1.54) is 5.56 Å². The highest BCUT2D eigenvalue weighted by atomic mass is 16.6. The van der Waals surface area contributed by atoms with E-state index in [1.807, 2.05) is 18.2 Å². The van der Waals surface area contributed by atoms with E-state index in [1.54, 1.807) is 11.8 Å². The van der Waals surface area contributed by atoms with Crippen molar-refractivity contribution in [3.8, 4) is 0 Å². The molecule has 3 unspecified atom stereocenters. The number of anilines is 1. The van der Waals surface area contributed by atoms with Crippen molar-refractivity contribution in [1.82, 2.24) is 10.9 Å². The molecular formula is C15H18N4O3. The van der Waals surface area contributed by atoms with Gasteiger partial charge in [-0.2, -0.15) is 0 Å². The van der Waals surface area contributed by atoms with E-state index >= 15 is 0 Å². The van der Waals surface area contributed by atoms with E-state index in [-0.39, 0.29) is 22.3 Å². The van der Waals surface area contributed by atoms with Gasteiger partial charge in [-0.05, 0) is 31.4 Å². The van der Waals surface area contributed by atoms with Crippen LogP contribution in [0.25, 0.3) is 0 Å². The molecule has 1 amide bonds. The second kappa shape index (κ2) is 4.50. The molecule has 22 heavy (non-hydrogen) atoms. The molecule has 7 heteroatoms. The zero-order chi connectivity index (χ0) is 15.5. The number of hydrazine groups is 1. The van der Waals surface area contributed by atoms with Gasteiger partial charge >= 0.3 is 0 Å². The number of carbonyl (C=O) groups is 1. The molecule has 3 aliphatic rings. The fourth-order valence-corrected chi connectivity index (χ4v) is 3.77. The molecule has 1 aromatic rings. The minimum atomic E-state index is -0.949. The van der Waals surface area contributed by atoms with Gasteiger partial charge in [-0.3, -0.25) is 14.9 Å². The zero-order valence-electron chi connectivity index (χ0n) is 12.3. The third-order valence-electron chi connectivity index (χ3n) is 5.18. The molecule has 2 fully saturated rings. The van der Waals surface area contributed by atoms with Crippen LogP contribution in [0.5, 0.6) is 0 Å².